The Kier molecular flexibility index (Phi) is 5.17. The molecule has 2 aliphatic rings. The van der Waals surface area contributed by atoms with Crippen molar-refractivity contribution in [1.82, 2.24) is 19.2 Å². The number of nitrogens with zero attached hydrogens (tertiary/aromatic N) is 3. The first-order valence-electron chi connectivity index (χ1n) is 8.76. The van der Waals surface area contributed by atoms with Gasteiger partial charge in [0.05, 0.1) is 12.9 Å². The summed E-state index contributed by atoms with van der Waals surface area (Å²) in [4.78, 5) is 17.0. The van der Waals surface area contributed by atoms with E-state index < -0.39 is 16.0 Å². The van der Waals surface area contributed by atoms with Gasteiger partial charge in [-0.1, -0.05) is 0 Å². The third kappa shape index (κ3) is 4.59. The number of rotatable bonds is 9. The summed E-state index contributed by atoms with van der Waals surface area (Å²) in [7, 11) is -3.63. The standard InChI is InChI=1S/C16H26N4O4S/c1-11(2)20-8-15(17-10-20)25(23,24)18-13-5-14(6-13)19(9-16(21)22)7-12-3-4-12/h8,10-14,18H,3-7,9H2,1-2H3,(H,21,22). The number of aliphatic carboxylic acids is 1. The normalized spacial score (nSPS) is 23.8. The van der Waals surface area contributed by atoms with Crippen LogP contribution in [0.2, 0.25) is 0 Å². The summed E-state index contributed by atoms with van der Waals surface area (Å²) in [6.45, 7) is 4.74. The van der Waals surface area contributed by atoms with E-state index in [2.05, 4.69) is 9.71 Å². The molecular formula is C16H26N4O4S. The zero-order valence-electron chi connectivity index (χ0n) is 14.6. The SMILES string of the molecule is CC(C)n1cnc(S(=O)(=O)NC2CC(N(CC(=O)O)CC3CC3)C2)c1. The Labute approximate surface area is 148 Å². The molecule has 2 fully saturated rings. The molecule has 2 aliphatic carbocycles. The molecule has 140 valence electrons. The van der Waals surface area contributed by atoms with Crippen molar-refractivity contribution in [3.05, 3.63) is 12.5 Å². The first kappa shape index (κ1) is 18.3. The van der Waals surface area contributed by atoms with Gasteiger partial charge in [-0.15, -0.1) is 0 Å². The van der Waals surface area contributed by atoms with Crippen LogP contribution in [0.4, 0.5) is 0 Å². The average Bonchev–Trinajstić information content (AvgIpc) is 3.12. The van der Waals surface area contributed by atoms with Gasteiger partial charge in [-0.05, 0) is 45.4 Å². The molecule has 0 aliphatic heterocycles. The molecule has 8 nitrogen and oxygen atoms in total. The van der Waals surface area contributed by atoms with Gasteiger partial charge < -0.3 is 9.67 Å². The maximum atomic E-state index is 12.4. The molecule has 0 bridgehead atoms. The van der Waals surface area contributed by atoms with Crippen molar-refractivity contribution in [2.75, 3.05) is 13.1 Å². The van der Waals surface area contributed by atoms with Crippen LogP contribution in [-0.4, -0.2) is 59.1 Å². The minimum atomic E-state index is -3.63. The summed E-state index contributed by atoms with van der Waals surface area (Å²) in [5.41, 5.74) is 0. The molecule has 0 atom stereocenters. The lowest BCUT2D eigenvalue weighted by Gasteiger charge is -2.42. The molecule has 1 aromatic rings. The van der Waals surface area contributed by atoms with Gasteiger partial charge in [0.15, 0.2) is 5.03 Å². The lowest BCUT2D eigenvalue weighted by atomic mass is 9.86. The van der Waals surface area contributed by atoms with Gasteiger partial charge in [-0.3, -0.25) is 9.69 Å². The van der Waals surface area contributed by atoms with Gasteiger partial charge in [0, 0.05) is 30.9 Å². The zero-order valence-corrected chi connectivity index (χ0v) is 15.4. The van der Waals surface area contributed by atoms with E-state index in [4.69, 9.17) is 5.11 Å². The molecule has 0 saturated heterocycles. The molecule has 0 spiro atoms. The van der Waals surface area contributed by atoms with E-state index in [9.17, 15) is 13.2 Å². The van der Waals surface area contributed by atoms with Crippen LogP contribution in [0.5, 0.6) is 0 Å². The lowest BCUT2D eigenvalue weighted by molar-refractivity contribution is -0.139. The Balaban J connectivity index is 1.55. The van der Waals surface area contributed by atoms with Gasteiger partial charge >= 0.3 is 5.97 Å². The van der Waals surface area contributed by atoms with Crippen molar-refractivity contribution in [3.8, 4) is 0 Å². The number of carboxylic acids is 1. The molecule has 1 aromatic heterocycles. The monoisotopic (exact) mass is 370 g/mol. The predicted molar refractivity (Wildman–Crippen MR) is 91.7 cm³/mol. The van der Waals surface area contributed by atoms with Crippen molar-refractivity contribution < 1.29 is 18.3 Å². The van der Waals surface area contributed by atoms with Crippen LogP contribution in [0.1, 0.15) is 45.6 Å². The number of aromatic nitrogens is 2. The van der Waals surface area contributed by atoms with Crippen LogP contribution in [0, 0.1) is 5.92 Å². The lowest BCUT2D eigenvalue weighted by Crippen LogP contribution is -2.55. The number of hydrogen-bond acceptors (Lipinski definition) is 5. The maximum absolute atomic E-state index is 12.4. The van der Waals surface area contributed by atoms with Crippen molar-refractivity contribution >= 4 is 16.0 Å². The number of carboxylic acid groups (broad SMARTS) is 1. The molecule has 0 aromatic carbocycles. The smallest absolute Gasteiger partial charge is 0.317 e. The quantitative estimate of drug-likeness (QED) is 0.674. The number of sulfonamides is 1. The molecular weight excluding hydrogens is 344 g/mol. The number of carbonyl (C=O) groups is 1. The minimum Gasteiger partial charge on any atom is -0.480 e. The first-order valence-corrected chi connectivity index (χ1v) is 10.2. The molecule has 9 heteroatoms. The van der Waals surface area contributed by atoms with Crippen LogP contribution in [0.15, 0.2) is 17.6 Å². The first-order chi connectivity index (χ1) is 11.7. The predicted octanol–water partition coefficient (Wildman–Crippen LogP) is 1.07. The Bertz CT molecular complexity index is 720. The van der Waals surface area contributed by atoms with Gasteiger partial charge in [-0.25, -0.2) is 18.1 Å². The highest BCUT2D eigenvalue weighted by Gasteiger charge is 2.39. The van der Waals surface area contributed by atoms with Crippen molar-refractivity contribution in [2.24, 2.45) is 5.92 Å². The van der Waals surface area contributed by atoms with E-state index >= 15 is 0 Å². The second-order valence-electron chi connectivity index (χ2n) is 7.46. The molecule has 0 amide bonds. The second-order valence-corrected chi connectivity index (χ2v) is 9.12. The number of imidazole rings is 1. The van der Waals surface area contributed by atoms with Crippen molar-refractivity contribution in [1.29, 1.82) is 0 Å². The number of hydrogen-bond donors (Lipinski definition) is 2. The molecule has 3 rings (SSSR count). The molecule has 1 heterocycles. The summed E-state index contributed by atoms with van der Waals surface area (Å²) >= 11 is 0. The molecule has 0 unspecified atom stereocenters. The fourth-order valence-electron chi connectivity index (χ4n) is 3.15. The Morgan fingerprint density at radius 1 is 1.44 bits per heavy atom. The van der Waals surface area contributed by atoms with Crippen LogP contribution in [-0.2, 0) is 14.8 Å². The highest BCUT2D eigenvalue weighted by molar-refractivity contribution is 7.89. The minimum absolute atomic E-state index is 0.0272. The van der Waals surface area contributed by atoms with E-state index in [1.807, 2.05) is 18.7 Å². The highest BCUT2D eigenvalue weighted by Crippen LogP contribution is 2.34. The Morgan fingerprint density at radius 2 is 2.12 bits per heavy atom. The highest BCUT2D eigenvalue weighted by atomic mass is 32.2. The molecule has 0 radical (unpaired) electrons. The van der Waals surface area contributed by atoms with Gasteiger partial charge in [0.2, 0.25) is 0 Å². The van der Waals surface area contributed by atoms with E-state index in [1.54, 1.807) is 4.57 Å². The van der Waals surface area contributed by atoms with E-state index in [-0.39, 0.29) is 29.7 Å². The summed E-state index contributed by atoms with van der Waals surface area (Å²) in [5, 5.41) is 9.10. The summed E-state index contributed by atoms with van der Waals surface area (Å²) in [6.07, 6.45) is 6.67. The zero-order chi connectivity index (χ0) is 18.2. The largest absolute Gasteiger partial charge is 0.480 e. The summed E-state index contributed by atoms with van der Waals surface area (Å²) in [5.74, 6) is -0.223. The summed E-state index contributed by atoms with van der Waals surface area (Å²) in [6, 6.07) is 0.129. The van der Waals surface area contributed by atoms with Crippen LogP contribution in [0.25, 0.3) is 0 Å². The molecule has 2 N–H and O–H groups in total. The number of nitrogens with one attached hydrogen (secondary N) is 1. The van der Waals surface area contributed by atoms with Gasteiger partial charge in [0.1, 0.15) is 0 Å². The Hall–Kier alpha value is -1.45. The van der Waals surface area contributed by atoms with Gasteiger partial charge in [-0.2, -0.15) is 0 Å². The van der Waals surface area contributed by atoms with Gasteiger partial charge in [0.25, 0.3) is 10.0 Å². The topological polar surface area (TPSA) is 105 Å². The molecule has 2 saturated carbocycles. The van der Waals surface area contributed by atoms with E-state index in [0.717, 1.165) is 19.4 Å². The van der Waals surface area contributed by atoms with Crippen LogP contribution >= 0.6 is 0 Å². The maximum Gasteiger partial charge on any atom is 0.317 e. The Morgan fingerprint density at radius 3 is 2.64 bits per heavy atom. The van der Waals surface area contributed by atoms with Crippen LogP contribution in [0.3, 0.4) is 0 Å². The fraction of sp³-hybridized carbons (Fsp3) is 0.750. The van der Waals surface area contributed by atoms with Crippen LogP contribution < -0.4 is 4.72 Å². The molecule has 25 heavy (non-hydrogen) atoms. The third-order valence-corrected chi connectivity index (χ3v) is 6.33. The van der Waals surface area contributed by atoms with E-state index in [1.165, 1.54) is 12.5 Å². The average molecular weight is 370 g/mol. The van der Waals surface area contributed by atoms with Crippen molar-refractivity contribution in [3.63, 3.8) is 0 Å². The van der Waals surface area contributed by atoms with E-state index in [0.29, 0.717) is 18.8 Å². The second kappa shape index (κ2) is 7.05. The third-order valence-electron chi connectivity index (χ3n) is 4.93. The fourth-order valence-corrected chi connectivity index (χ4v) is 4.35. The summed E-state index contributed by atoms with van der Waals surface area (Å²) < 4.78 is 29.3. The van der Waals surface area contributed by atoms with Crippen molar-refractivity contribution in [2.45, 2.75) is 62.7 Å².